The van der Waals surface area contributed by atoms with E-state index in [-0.39, 0.29) is 18.0 Å². The van der Waals surface area contributed by atoms with Crippen molar-refractivity contribution in [2.75, 3.05) is 11.9 Å². The molecular formula is C19H26N4O2. The number of amides is 1. The monoisotopic (exact) mass is 342 g/mol. The number of rotatable bonds is 5. The lowest BCUT2D eigenvalue weighted by Crippen LogP contribution is -2.37. The van der Waals surface area contributed by atoms with Gasteiger partial charge in [-0.2, -0.15) is 0 Å². The summed E-state index contributed by atoms with van der Waals surface area (Å²) in [4.78, 5) is 25.0. The molecule has 1 aliphatic carbocycles. The number of nitrogens with zero attached hydrogens (tertiary/aromatic N) is 2. The minimum atomic E-state index is -0.211. The van der Waals surface area contributed by atoms with Crippen molar-refractivity contribution < 1.29 is 4.79 Å². The highest BCUT2D eigenvalue weighted by Gasteiger charge is 2.19. The molecule has 1 saturated carbocycles. The molecule has 3 rings (SSSR count). The molecule has 2 N–H and O–H groups in total. The Morgan fingerprint density at radius 1 is 1.16 bits per heavy atom. The molecule has 1 aliphatic rings. The van der Waals surface area contributed by atoms with Crippen LogP contribution in [0, 0.1) is 6.92 Å². The van der Waals surface area contributed by atoms with Gasteiger partial charge in [0.2, 0.25) is 5.91 Å². The summed E-state index contributed by atoms with van der Waals surface area (Å²) in [5.74, 6) is -0.170. The largest absolute Gasteiger partial charge is 0.319 e. The van der Waals surface area contributed by atoms with Gasteiger partial charge >= 0.3 is 0 Å². The molecule has 1 aromatic carbocycles. The molecule has 0 saturated heterocycles. The molecule has 25 heavy (non-hydrogen) atoms. The first kappa shape index (κ1) is 17.5. The Morgan fingerprint density at radius 3 is 2.52 bits per heavy atom. The zero-order chi connectivity index (χ0) is 17.8. The van der Waals surface area contributed by atoms with Gasteiger partial charge in [-0.15, -0.1) is 0 Å². The second kappa shape index (κ2) is 7.70. The Bertz CT molecular complexity index is 786. The van der Waals surface area contributed by atoms with Gasteiger partial charge in [0.1, 0.15) is 5.69 Å². The number of anilines is 1. The van der Waals surface area contributed by atoms with E-state index < -0.39 is 0 Å². The summed E-state index contributed by atoms with van der Waals surface area (Å²) in [6, 6.07) is 9.84. The summed E-state index contributed by atoms with van der Waals surface area (Å²) in [6.45, 7) is 2.08. The zero-order valence-electron chi connectivity index (χ0n) is 14.9. The van der Waals surface area contributed by atoms with Crippen LogP contribution >= 0.6 is 0 Å². The molecule has 0 spiro atoms. The molecule has 134 valence electrons. The van der Waals surface area contributed by atoms with Gasteiger partial charge in [-0.25, -0.2) is 4.68 Å². The van der Waals surface area contributed by atoms with Gasteiger partial charge in [0, 0.05) is 13.1 Å². The van der Waals surface area contributed by atoms with Crippen LogP contribution in [0.15, 0.2) is 35.1 Å². The standard InChI is InChI=1S/C19H26N4O2/c1-14-18(21-17(24)13-20-15-9-5-3-6-10-15)19(25)23(22(14)2)16-11-7-4-8-12-16/h4,7-8,11-12,15,20H,3,5-6,9-10,13H2,1-2H3,(H,21,24). The maximum atomic E-state index is 12.8. The average Bonchev–Trinajstić information content (AvgIpc) is 2.85. The fourth-order valence-electron chi connectivity index (χ4n) is 3.44. The van der Waals surface area contributed by atoms with Crippen LogP contribution in [0.3, 0.4) is 0 Å². The normalized spacial score (nSPS) is 15.3. The van der Waals surface area contributed by atoms with Crippen LogP contribution in [-0.2, 0) is 11.8 Å². The van der Waals surface area contributed by atoms with E-state index in [1.807, 2.05) is 44.3 Å². The lowest BCUT2D eigenvalue weighted by molar-refractivity contribution is -0.115. The van der Waals surface area contributed by atoms with E-state index in [4.69, 9.17) is 0 Å². The number of carbonyl (C=O) groups excluding carboxylic acids is 1. The first-order valence-electron chi connectivity index (χ1n) is 8.95. The van der Waals surface area contributed by atoms with Gasteiger partial charge in [-0.3, -0.25) is 14.3 Å². The van der Waals surface area contributed by atoms with Gasteiger partial charge in [0.25, 0.3) is 5.56 Å². The minimum Gasteiger partial charge on any atom is -0.319 e. The van der Waals surface area contributed by atoms with E-state index in [1.54, 1.807) is 9.36 Å². The molecular weight excluding hydrogens is 316 g/mol. The number of nitrogens with one attached hydrogen (secondary N) is 2. The van der Waals surface area contributed by atoms with Crippen molar-refractivity contribution in [1.29, 1.82) is 0 Å². The molecule has 1 heterocycles. The van der Waals surface area contributed by atoms with Crippen LogP contribution < -0.4 is 16.2 Å². The SMILES string of the molecule is Cc1c(NC(=O)CNC2CCCCC2)c(=O)n(-c2ccccc2)n1C. The third-order valence-electron chi connectivity index (χ3n) is 4.98. The quantitative estimate of drug-likeness (QED) is 0.876. The Balaban J connectivity index is 1.72. The van der Waals surface area contributed by atoms with E-state index >= 15 is 0 Å². The topological polar surface area (TPSA) is 68.1 Å². The van der Waals surface area contributed by atoms with Crippen molar-refractivity contribution in [3.63, 3.8) is 0 Å². The van der Waals surface area contributed by atoms with Crippen molar-refractivity contribution in [3.05, 3.63) is 46.4 Å². The highest BCUT2D eigenvalue weighted by Crippen LogP contribution is 2.17. The summed E-state index contributed by atoms with van der Waals surface area (Å²) in [5, 5.41) is 6.10. The van der Waals surface area contributed by atoms with Gasteiger partial charge < -0.3 is 10.6 Å². The summed E-state index contributed by atoms with van der Waals surface area (Å²) in [5.41, 5.74) is 1.65. The van der Waals surface area contributed by atoms with E-state index in [1.165, 1.54) is 19.3 Å². The molecule has 0 atom stereocenters. The van der Waals surface area contributed by atoms with Crippen molar-refractivity contribution in [2.24, 2.45) is 7.05 Å². The van der Waals surface area contributed by atoms with Crippen LogP contribution in [-0.4, -0.2) is 27.9 Å². The number of hydrogen-bond acceptors (Lipinski definition) is 3. The lowest BCUT2D eigenvalue weighted by atomic mass is 9.95. The van der Waals surface area contributed by atoms with Crippen molar-refractivity contribution >= 4 is 11.6 Å². The predicted octanol–water partition coefficient (Wildman–Crippen LogP) is 2.35. The second-order valence-corrected chi connectivity index (χ2v) is 6.70. The zero-order valence-corrected chi connectivity index (χ0v) is 14.9. The molecule has 2 aromatic rings. The Morgan fingerprint density at radius 2 is 1.84 bits per heavy atom. The molecule has 0 radical (unpaired) electrons. The molecule has 1 amide bonds. The smallest absolute Gasteiger partial charge is 0.295 e. The fraction of sp³-hybridized carbons (Fsp3) is 0.474. The Labute approximate surface area is 147 Å². The molecule has 0 bridgehead atoms. The molecule has 1 aromatic heterocycles. The second-order valence-electron chi connectivity index (χ2n) is 6.70. The van der Waals surface area contributed by atoms with Crippen molar-refractivity contribution in [3.8, 4) is 5.69 Å². The molecule has 1 fully saturated rings. The van der Waals surface area contributed by atoms with Crippen LogP contribution in [0.2, 0.25) is 0 Å². The van der Waals surface area contributed by atoms with Crippen LogP contribution in [0.1, 0.15) is 37.8 Å². The van der Waals surface area contributed by atoms with E-state index in [9.17, 15) is 9.59 Å². The summed E-state index contributed by atoms with van der Waals surface area (Å²) in [7, 11) is 1.82. The Kier molecular flexibility index (Phi) is 5.38. The summed E-state index contributed by atoms with van der Waals surface area (Å²) < 4.78 is 3.33. The number of benzene rings is 1. The molecule has 0 unspecified atom stereocenters. The van der Waals surface area contributed by atoms with E-state index in [0.29, 0.717) is 11.7 Å². The third-order valence-corrected chi connectivity index (χ3v) is 4.98. The Hall–Kier alpha value is -2.34. The van der Waals surface area contributed by atoms with Crippen molar-refractivity contribution in [2.45, 2.75) is 45.1 Å². The lowest BCUT2D eigenvalue weighted by Gasteiger charge is -2.22. The van der Waals surface area contributed by atoms with Crippen LogP contribution in [0.4, 0.5) is 5.69 Å². The molecule has 0 aliphatic heterocycles. The number of carbonyl (C=O) groups is 1. The van der Waals surface area contributed by atoms with Crippen LogP contribution in [0.25, 0.3) is 5.69 Å². The highest BCUT2D eigenvalue weighted by molar-refractivity contribution is 5.92. The van der Waals surface area contributed by atoms with Gasteiger partial charge in [0.15, 0.2) is 0 Å². The highest BCUT2D eigenvalue weighted by atomic mass is 16.2. The maximum absolute atomic E-state index is 12.8. The van der Waals surface area contributed by atoms with Gasteiger partial charge in [0.05, 0.1) is 17.9 Å². The summed E-state index contributed by atoms with van der Waals surface area (Å²) >= 11 is 0. The number of aromatic nitrogens is 2. The molecule has 6 nitrogen and oxygen atoms in total. The number of para-hydroxylation sites is 1. The first-order chi connectivity index (χ1) is 12.1. The predicted molar refractivity (Wildman–Crippen MR) is 99.3 cm³/mol. The van der Waals surface area contributed by atoms with E-state index in [0.717, 1.165) is 24.2 Å². The van der Waals surface area contributed by atoms with Gasteiger partial charge in [-0.1, -0.05) is 37.5 Å². The van der Waals surface area contributed by atoms with Crippen molar-refractivity contribution in [1.82, 2.24) is 14.7 Å². The maximum Gasteiger partial charge on any atom is 0.295 e. The minimum absolute atomic E-state index is 0.170. The van der Waals surface area contributed by atoms with Gasteiger partial charge in [-0.05, 0) is 31.9 Å². The number of hydrogen-bond donors (Lipinski definition) is 2. The summed E-state index contributed by atoms with van der Waals surface area (Å²) in [6.07, 6.45) is 5.97. The van der Waals surface area contributed by atoms with E-state index in [2.05, 4.69) is 10.6 Å². The fourth-order valence-corrected chi connectivity index (χ4v) is 3.44. The first-order valence-corrected chi connectivity index (χ1v) is 8.95. The van der Waals surface area contributed by atoms with Crippen LogP contribution in [0.5, 0.6) is 0 Å². The third kappa shape index (κ3) is 3.85. The average molecular weight is 342 g/mol. The molecule has 6 heteroatoms.